The first-order valence-electron chi connectivity index (χ1n) is 6.48. The molecular weight excluding hydrogens is 200 g/mol. The van der Waals surface area contributed by atoms with Gasteiger partial charge in [-0.25, -0.2) is 0 Å². The van der Waals surface area contributed by atoms with E-state index in [1.807, 2.05) is 0 Å². The van der Waals surface area contributed by atoms with Crippen LogP contribution in [0.15, 0.2) is 0 Å². The lowest BCUT2D eigenvalue weighted by Gasteiger charge is -2.37. The van der Waals surface area contributed by atoms with Crippen molar-refractivity contribution in [3.8, 4) is 0 Å². The lowest BCUT2D eigenvalue weighted by Crippen LogP contribution is -2.47. The first kappa shape index (κ1) is 13.5. The zero-order chi connectivity index (χ0) is 12.2. The number of likely N-dealkylation sites (tertiary alicyclic amines) is 1. The van der Waals surface area contributed by atoms with E-state index in [2.05, 4.69) is 37.9 Å². The third-order valence-corrected chi connectivity index (χ3v) is 3.63. The Bertz CT molecular complexity index is 230. The second-order valence-corrected chi connectivity index (χ2v) is 5.60. The van der Waals surface area contributed by atoms with Crippen LogP contribution in [0.3, 0.4) is 0 Å². The van der Waals surface area contributed by atoms with Gasteiger partial charge < -0.3 is 10.2 Å². The Morgan fingerprint density at radius 1 is 1.38 bits per heavy atom. The van der Waals surface area contributed by atoms with E-state index in [1.54, 1.807) is 0 Å². The zero-order valence-electron chi connectivity index (χ0n) is 11.2. The molecule has 3 nitrogen and oxygen atoms in total. The predicted octanol–water partition coefficient (Wildman–Crippen LogP) is 1.88. The number of piperidine rings is 1. The largest absolute Gasteiger partial charge is 0.355 e. The van der Waals surface area contributed by atoms with Crippen LogP contribution in [-0.2, 0) is 4.79 Å². The van der Waals surface area contributed by atoms with Crippen molar-refractivity contribution in [2.75, 3.05) is 26.2 Å². The molecule has 1 amide bonds. The lowest BCUT2D eigenvalue weighted by molar-refractivity contribution is -0.132. The van der Waals surface area contributed by atoms with Gasteiger partial charge in [-0.2, -0.15) is 0 Å². The summed E-state index contributed by atoms with van der Waals surface area (Å²) >= 11 is 0. The number of amides is 1. The molecule has 0 aliphatic carbocycles. The molecule has 1 fully saturated rings. The molecule has 1 heterocycles. The van der Waals surface area contributed by atoms with E-state index in [0.717, 1.165) is 39.0 Å². The first-order chi connectivity index (χ1) is 7.48. The molecule has 0 atom stereocenters. The van der Waals surface area contributed by atoms with Gasteiger partial charge in [0.25, 0.3) is 0 Å². The standard InChI is InChI=1S/C13H26N2O/c1-5-15-8-6-13(4,7-9-15)12(16)14-10-11(2)3/h11H,5-10H2,1-4H3,(H,14,16). The minimum Gasteiger partial charge on any atom is -0.355 e. The number of carbonyl (C=O) groups excluding carboxylic acids is 1. The van der Waals surface area contributed by atoms with Crippen LogP contribution in [0.4, 0.5) is 0 Å². The number of hydrogen-bond donors (Lipinski definition) is 1. The maximum Gasteiger partial charge on any atom is 0.226 e. The fourth-order valence-electron chi connectivity index (χ4n) is 2.10. The van der Waals surface area contributed by atoms with Crippen molar-refractivity contribution >= 4 is 5.91 Å². The summed E-state index contributed by atoms with van der Waals surface area (Å²) in [5.74, 6) is 0.778. The van der Waals surface area contributed by atoms with E-state index in [0.29, 0.717) is 5.92 Å². The highest BCUT2D eigenvalue weighted by atomic mass is 16.2. The fourth-order valence-corrected chi connectivity index (χ4v) is 2.10. The van der Waals surface area contributed by atoms with Crippen molar-refractivity contribution in [1.82, 2.24) is 10.2 Å². The van der Waals surface area contributed by atoms with E-state index >= 15 is 0 Å². The molecule has 1 aliphatic heterocycles. The molecule has 16 heavy (non-hydrogen) atoms. The van der Waals surface area contributed by atoms with Crippen LogP contribution < -0.4 is 5.32 Å². The average molecular weight is 226 g/mol. The van der Waals surface area contributed by atoms with Crippen LogP contribution in [0, 0.1) is 11.3 Å². The lowest BCUT2D eigenvalue weighted by atomic mass is 9.79. The number of carbonyl (C=O) groups is 1. The van der Waals surface area contributed by atoms with E-state index < -0.39 is 0 Å². The topological polar surface area (TPSA) is 32.3 Å². The summed E-state index contributed by atoms with van der Waals surface area (Å²) < 4.78 is 0. The highest BCUT2D eigenvalue weighted by Gasteiger charge is 2.36. The van der Waals surface area contributed by atoms with E-state index in [4.69, 9.17) is 0 Å². The summed E-state index contributed by atoms with van der Waals surface area (Å²) in [7, 11) is 0. The Hall–Kier alpha value is -0.570. The van der Waals surface area contributed by atoms with E-state index in [9.17, 15) is 4.79 Å². The molecule has 3 heteroatoms. The summed E-state index contributed by atoms with van der Waals surface area (Å²) in [5.41, 5.74) is -0.138. The van der Waals surface area contributed by atoms with Gasteiger partial charge in [-0.05, 0) is 38.4 Å². The van der Waals surface area contributed by atoms with Crippen LogP contribution in [0.1, 0.15) is 40.5 Å². The molecule has 1 N–H and O–H groups in total. The molecule has 1 aliphatic rings. The molecule has 0 bridgehead atoms. The van der Waals surface area contributed by atoms with Crippen LogP contribution in [-0.4, -0.2) is 37.0 Å². The monoisotopic (exact) mass is 226 g/mol. The molecule has 1 saturated heterocycles. The second-order valence-electron chi connectivity index (χ2n) is 5.60. The van der Waals surface area contributed by atoms with Gasteiger partial charge in [-0.1, -0.05) is 27.7 Å². The molecular formula is C13H26N2O. The molecule has 0 spiro atoms. The number of hydrogen-bond acceptors (Lipinski definition) is 2. The Balaban J connectivity index is 2.43. The molecule has 0 saturated carbocycles. The Kier molecular flexibility index (Phi) is 4.78. The third-order valence-electron chi connectivity index (χ3n) is 3.63. The average Bonchev–Trinajstić information content (AvgIpc) is 2.27. The van der Waals surface area contributed by atoms with Gasteiger partial charge in [-0.3, -0.25) is 4.79 Å². The van der Waals surface area contributed by atoms with Crippen LogP contribution in [0.25, 0.3) is 0 Å². The van der Waals surface area contributed by atoms with Crippen molar-refractivity contribution in [3.05, 3.63) is 0 Å². The van der Waals surface area contributed by atoms with Gasteiger partial charge in [0.15, 0.2) is 0 Å². The summed E-state index contributed by atoms with van der Waals surface area (Å²) in [6, 6.07) is 0. The summed E-state index contributed by atoms with van der Waals surface area (Å²) in [5, 5.41) is 3.07. The normalized spacial score (nSPS) is 21.1. The molecule has 1 rings (SSSR count). The van der Waals surface area contributed by atoms with Gasteiger partial charge in [0.2, 0.25) is 5.91 Å². The maximum atomic E-state index is 12.1. The van der Waals surface area contributed by atoms with Crippen LogP contribution >= 0.6 is 0 Å². The van der Waals surface area contributed by atoms with Gasteiger partial charge in [0.1, 0.15) is 0 Å². The number of nitrogens with one attached hydrogen (secondary N) is 1. The molecule has 0 unspecified atom stereocenters. The molecule has 94 valence electrons. The Morgan fingerprint density at radius 3 is 2.38 bits per heavy atom. The van der Waals surface area contributed by atoms with Crippen molar-refractivity contribution < 1.29 is 4.79 Å². The molecule has 0 aromatic rings. The zero-order valence-corrected chi connectivity index (χ0v) is 11.2. The summed E-state index contributed by atoms with van der Waals surface area (Å²) in [6.45, 7) is 12.6. The molecule has 0 aromatic carbocycles. The van der Waals surface area contributed by atoms with Crippen molar-refractivity contribution in [3.63, 3.8) is 0 Å². The maximum absolute atomic E-state index is 12.1. The first-order valence-corrected chi connectivity index (χ1v) is 6.48. The molecule has 0 aromatic heterocycles. The fraction of sp³-hybridized carbons (Fsp3) is 0.923. The number of nitrogens with zero attached hydrogens (tertiary/aromatic N) is 1. The predicted molar refractivity (Wildman–Crippen MR) is 67.3 cm³/mol. The van der Waals surface area contributed by atoms with Gasteiger partial charge in [0, 0.05) is 12.0 Å². The van der Waals surface area contributed by atoms with Gasteiger partial charge in [-0.15, -0.1) is 0 Å². The Labute approximate surface area is 99.6 Å². The summed E-state index contributed by atoms with van der Waals surface area (Å²) in [4.78, 5) is 14.5. The van der Waals surface area contributed by atoms with E-state index in [1.165, 1.54) is 0 Å². The quantitative estimate of drug-likeness (QED) is 0.794. The molecule has 0 radical (unpaired) electrons. The van der Waals surface area contributed by atoms with Crippen molar-refractivity contribution in [2.24, 2.45) is 11.3 Å². The minimum absolute atomic E-state index is 0.138. The highest BCUT2D eigenvalue weighted by Crippen LogP contribution is 2.30. The van der Waals surface area contributed by atoms with Crippen LogP contribution in [0.2, 0.25) is 0 Å². The smallest absolute Gasteiger partial charge is 0.226 e. The highest BCUT2D eigenvalue weighted by molar-refractivity contribution is 5.82. The van der Waals surface area contributed by atoms with Crippen molar-refractivity contribution in [2.45, 2.75) is 40.5 Å². The van der Waals surface area contributed by atoms with Gasteiger partial charge in [0.05, 0.1) is 0 Å². The number of rotatable bonds is 4. The second kappa shape index (κ2) is 5.67. The van der Waals surface area contributed by atoms with E-state index in [-0.39, 0.29) is 11.3 Å². The summed E-state index contributed by atoms with van der Waals surface area (Å²) in [6.07, 6.45) is 1.98. The van der Waals surface area contributed by atoms with Crippen LogP contribution in [0.5, 0.6) is 0 Å². The van der Waals surface area contributed by atoms with Crippen molar-refractivity contribution in [1.29, 1.82) is 0 Å². The Morgan fingerprint density at radius 2 is 1.94 bits per heavy atom. The SMILES string of the molecule is CCN1CCC(C)(C(=O)NCC(C)C)CC1. The third kappa shape index (κ3) is 3.48. The van der Waals surface area contributed by atoms with Gasteiger partial charge >= 0.3 is 0 Å². The minimum atomic E-state index is -0.138.